The molecule has 0 atom stereocenters. The van der Waals surface area contributed by atoms with Gasteiger partial charge in [0.2, 0.25) is 0 Å². The van der Waals surface area contributed by atoms with E-state index in [2.05, 4.69) is 20.4 Å². The van der Waals surface area contributed by atoms with Crippen LogP contribution in [0.1, 0.15) is 39.5 Å². The van der Waals surface area contributed by atoms with Crippen molar-refractivity contribution in [2.24, 2.45) is 0 Å². The van der Waals surface area contributed by atoms with Crippen molar-refractivity contribution in [3.05, 3.63) is 12.7 Å². The average molecular weight is 250 g/mol. The highest BCUT2D eigenvalue weighted by Gasteiger charge is 1.93. The highest BCUT2D eigenvalue weighted by molar-refractivity contribution is 5.78. The Hall–Kier alpha value is -0.910. The van der Waals surface area contributed by atoms with Crippen LogP contribution in [-0.4, -0.2) is 45.7 Å². The van der Waals surface area contributed by atoms with Gasteiger partial charge in [0.25, 0.3) is 0 Å². The summed E-state index contributed by atoms with van der Waals surface area (Å²) in [6, 6.07) is 0. The lowest BCUT2D eigenvalue weighted by Crippen LogP contribution is -2.15. The van der Waals surface area contributed by atoms with Crippen molar-refractivity contribution in [3.8, 4) is 0 Å². The molecule has 0 aliphatic rings. The van der Waals surface area contributed by atoms with Crippen LogP contribution in [0.2, 0.25) is 0 Å². The maximum Gasteiger partial charge on any atom is 0.327 e. The summed E-state index contributed by atoms with van der Waals surface area (Å²) in [4.78, 5) is 9.25. The molecule has 0 saturated carbocycles. The van der Waals surface area contributed by atoms with Crippen LogP contribution in [0.5, 0.6) is 0 Å². The molecule has 0 aromatic heterocycles. The van der Waals surface area contributed by atoms with E-state index < -0.39 is 12.1 Å². The van der Waals surface area contributed by atoms with Gasteiger partial charge >= 0.3 is 5.97 Å². The van der Waals surface area contributed by atoms with E-state index in [0.717, 1.165) is 6.08 Å². The molecule has 4 N–H and O–H groups in total. The third-order valence-electron chi connectivity index (χ3n) is 1.55. The zero-order chi connectivity index (χ0) is 14.1. The number of hydrogen-bond donors (Lipinski definition) is 4. The Kier molecular flexibility index (Phi) is 25.8. The minimum Gasteiger partial charge on any atom is -0.478 e. The SMILES string of the molecule is C=CC(=O)O.CCCCCC.OCC(O)CO. The number of carboxylic acid groups (broad SMARTS) is 1. The lowest BCUT2D eigenvalue weighted by molar-refractivity contribution is -0.131. The Bertz CT molecular complexity index is 151. The monoisotopic (exact) mass is 250 g/mol. The van der Waals surface area contributed by atoms with Gasteiger partial charge in [0.1, 0.15) is 6.10 Å². The maximum atomic E-state index is 9.25. The highest BCUT2D eigenvalue weighted by atomic mass is 16.4. The van der Waals surface area contributed by atoms with Gasteiger partial charge in [0.05, 0.1) is 13.2 Å². The molecule has 5 heteroatoms. The number of aliphatic hydroxyl groups excluding tert-OH is 3. The minimum absolute atomic E-state index is 0.365. The number of aliphatic carboxylic acids is 1. The molecule has 0 aliphatic carbocycles. The van der Waals surface area contributed by atoms with Crippen molar-refractivity contribution in [3.63, 3.8) is 0 Å². The fourth-order valence-corrected chi connectivity index (χ4v) is 0.558. The third kappa shape index (κ3) is 39.5. The molecule has 0 aromatic rings. The van der Waals surface area contributed by atoms with Gasteiger partial charge in [-0.25, -0.2) is 4.79 Å². The molecule has 0 rings (SSSR count). The van der Waals surface area contributed by atoms with E-state index in [1.165, 1.54) is 25.7 Å². The average Bonchev–Trinajstić information content (AvgIpc) is 2.36. The second-order valence-electron chi connectivity index (χ2n) is 3.27. The number of carbonyl (C=O) groups is 1. The molecule has 0 fully saturated rings. The van der Waals surface area contributed by atoms with Crippen LogP contribution in [0.15, 0.2) is 12.7 Å². The fraction of sp³-hybridized carbons (Fsp3) is 0.750. The second-order valence-corrected chi connectivity index (χ2v) is 3.27. The van der Waals surface area contributed by atoms with Crippen LogP contribution in [0.25, 0.3) is 0 Å². The standard InChI is InChI=1S/C6H14.C3H8O3.C3H4O2/c1-3-5-6-4-2;4-1-3(6)2-5;1-2-3(4)5/h3-6H2,1-2H3;3-6H,1-2H2;2H,1H2,(H,4,5). The van der Waals surface area contributed by atoms with Crippen molar-refractivity contribution in [1.82, 2.24) is 0 Å². The van der Waals surface area contributed by atoms with Gasteiger partial charge in [-0.05, 0) is 0 Å². The van der Waals surface area contributed by atoms with Crippen LogP contribution < -0.4 is 0 Å². The van der Waals surface area contributed by atoms with Gasteiger partial charge in [-0.3, -0.25) is 0 Å². The minimum atomic E-state index is -0.981. The van der Waals surface area contributed by atoms with E-state index in [1.54, 1.807) is 0 Å². The van der Waals surface area contributed by atoms with Gasteiger partial charge in [-0.1, -0.05) is 46.1 Å². The van der Waals surface area contributed by atoms with E-state index in [-0.39, 0.29) is 13.2 Å². The fourth-order valence-electron chi connectivity index (χ4n) is 0.558. The first-order chi connectivity index (χ1) is 7.99. The van der Waals surface area contributed by atoms with E-state index in [0.29, 0.717) is 0 Å². The summed E-state index contributed by atoms with van der Waals surface area (Å²) < 4.78 is 0. The number of rotatable bonds is 6. The molecular formula is C12H26O5. The van der Waals surface area contributed by atoms with Crippen LogP contribution in [0.4, 0.5) is 0 Å². The molecule has 0 amide bonds. The lowest BCUT2D eigenvalue weighted by atomic mass is 10.2. The molecule has 104 valence electrons. The van der Waals surface area contributed by atoms with Gasteiger partial charge in [0.15, 0.2) is 0 Å². The molecule has 17 heavy (non-hydrogen) atoms. The Labute approximate surface area is 103 Å². The first-order valence-corrected chi connectivity index (χ1v) is 5.75. The lowest BCUT2D eigenvalue weighted by Gasteiger charge is -1.96. The maximum absolute atomic E-state index is 9.25. The zero-order valence-electron chi connectivity index (χ0n) is 10.8. The zero-order valence-corrected chi connectivity index (χ0v) is 10.8. The van der Waals surface area contributed by atoms with Gasteiger partial charge < -0.3 is 20.4 Å². The van der Waals surface area contributed by atoms with Crippen LogP contribution in [0.3, 0.4) is 0 Å². The highest BCUT2D eigenvalue weighted by Crippen LogP contribution is 1.95. The first-order valence-electron chi connectivity index (χ1n) is 5.75. The predicted octanol–water partition coefficient (Wildman–Crippen LogP) is 1.18. The van der Waals surface area contributed by atoms with Crippen molar-refractivity contribution in [2.45, 2.75) is 45.6 Å². The predicted molar refractivity (Wildman–Crippen MR) is 67.8 cm³/mol. The summed E-state index contributed by atoms with van der Waals surface area (Å²) in [7, 11) is 0. The topological polar surface area (TPSA) is 98.0 Å². The van der Waals surface area contributed by atoms with Crippen LogP contribution in [-0.2, 0) is 4.79 Å². The summed E-state index contributed by atoms with van der Waals surface area (Å²) in [5.74, 6) is -0.981. The summed E-state index contributed by atoms with van der Waals surface area (Å²) >= 11 is 0. The normalized spacial score (nSPS) is 8.59. The van der Waals surface area contributed by atoms with E-state index >= 15 is 0 Å². The van der Waals surface area contributed by atoms with Crippen molar-refractivity contribution in [2.75, 3.05) is 13.2 Å². The van der Waals surface area contributed by atoms with Crippen molar-refractivity contribution < 1.29 is 25.2 Å². The molecule has 0 unspecified atom stereocenters. The summed E-state index contributed by atoms with van der Waals surface area (Å²) in [5, 5.41) is 31.6. The van der Waals surface area contributed by atoms with Gasteiger partial charge in [0, 0.05) is 6.08 Å². The molecule has 0 saturated heterocycles. The largest absolute Gasteiger partial charge is 0.478 e. The van der Waals surface area contributed by atoms with Gasteiger partial charge in [-0.15, -0.1) is 0 Å². The Balaban J connectivity index is -0.000000174. The quantitative estimate of drug-likeness (QED) is 0.419. The van der Waals surface area contributed by atoms with E-state index in [1.807, 2.05) is 0 Å². The smallest absolute Gasteiger partial charge is 0.327 e. The molecule has 0 aliphatic heterocycles. The Morgan fingerprint density at radius 2 is 1.47 bits per heavy atom. The molecule has 0 spiro atoms. The van der Waals surface area contributed by atoms with Gasteiger partial charge in [-0.2, -0.15) is 0 Å². The summed E-state index contributed by atoms with van der Waals surface area (Å²) in [5.41, 5.74) is 0. The van der Waals surface area contributed by atoms with Crippen LogP contribution in [0, 0.1) is 0 Å². The van der Waals surface area contributed by atoms with E-state index in [4.69, 9.17) is 20.4 Å². The summed E-state index contributed by atoms with van der Waals surface area (Å²) in [6.07, 6.45) is 5.42. The first kappa shape index (κ1) is 21.4. The molecule has 5 nitrogen and oxygen atoms in total. The van der Waals surface area contributed by atoms with E-state index in [9.17, 15) is 4.79 Å². The summed E-state index contributed by atoms with van der Waals surface area (Å²) in [6.45, 7) is 6.70. The number of hydrogen-bond acceptors (Lipinski definition) is 4. The number of aliphatic hydroxyl groups is 3. The van der Waals surface area contributed by atoms with Crippen molar-refractivity contribution in [1.29, 1.82) is 0 Å². The molecule has 0 heterocycles. The Morgan fingerprint density at radius 1 is 1.18 bits per heavy atom. The molecule has 0 radical (unpaired) electrons. The third-order valence-corrected chi connectivity index (χ3v) is 1.55. The second kappa shape index (κ2) is 20.5. The van der Waals surface area contributed by atoms with Crippen molar-refractivity contribution >= 4 is 5.97 Å². The van der Waals surface area contributed by atoms with Crippen LogP contribution >= 0.6 is 0 Å². The molecule has 0 bridgehead atoms. The number of carboxylic acids is 1. The molecule has 0 aromatic carbocycles. The number of unbranched alkanes of at least 4 members (excludes halogenated alkanes) is 3. The Morgan fingerprint density at radius 3 is 1.53 bits per heavy atom. The molecular weight excluding hydrogens is 224 g/mol.